The van der Waals surface area contributed by atoms with Crippen LogP contribution in [0.3, 0.4) is 0 Å². The van der Waals surface area contributed by atoms with Gasteiger partial charge in [-0.2, -0.15) is 0 Å². The van der Waals surface area contributed by atoms with Gasteiger partial charge in [0.05, 0.1) is 0 Å². The number of carboxylic acids is 1. The molecule has 1 heterocycles. The van der Waals surface area contributed by atoms with Crippen molar-refractivity contribution in [3.05, 3.63) is 84.4 Å². The number of para-hydroxylation sites is 1. The number of furan rings is 1. The molecule has 4 rings (SSSR count). The molecule has 0 radical (unpaired) electrons. The van der Waals surface area contributed by atoms with E-state index in [4.69, 9.17) is 9.52 Å². The molecule has 0 unspecified atom stereocenters. The maximum absolute atomic E-state index is 12.3. The van der Waals surface area contributed by atoms with Crippen molar-refractivity contribution in [1.29, 1.82) is 0 Å². The summed E-state index contributed by atoms with van der Waals surface area (Å²) in [6, 6.07) is 26.3. The van der Waals surface area contributed by atoms with Gasteiger partial charge in [-0.1, -0.05) is 44.2 Å². The maximum Gasteiger partial charge on any atom is 0.303 e. The Labute approximate surface area is 215 Å². The number of rotatable bonds is 12. The highest BCUT2D eigenvalue weighted by molar-refractivity contribution is 7.99. The molecule has 186 valence electrons. The Morgan fingerprint density at radius 2 is 1.67 bits per heavy atom. The van der Waals surface area contributed by atoms with Crippen molar-refractivity contribution in [1.82, 2.24) is 0 Å². The van der Waals surface area contributed by atoms with E-state index in [1.165, 1.54) is 4.90 Å². The number of ketones is 1. The number of nitrogens with one attached hydrogen (secondary N) is 1. The van der Waals surface area contributed by atoms with Crippen LogP contribution in [0.5, 0.6) is 0 Å². The molecule has 0 fully saturated rings. The number of carbonyl (C=O) groups excluding carboxylic acids is 1. The number of hydrogen-bond acceptors (Lipinski definition) is 5. The standard InChI is InChI=1S/C30H31NO4S/c1-20(2)26(31-24-14-10-21(11-15-24)27(32)7-5-9-30(33)34)19-36-25-16-12-22(13-17-25)29-18-23-6-3-4-8-28(23)35-29/h3-4,6,8,10-18,20,26,31H,5,7,9,19H2,1-2H3,(H,33,34)/t26-/m1/s1. The molecular formula is C30H31NO4S. The minimum atomic E-state index is -0.873. The maximum atomic E-state index is 12.3. The topological polar surface area (TPSA) is 79.5 Å². The van der Waals surface area contributed by atoms with E-state index in [2.05, 4.69) is 55.6 Å². The predicted molar refractivity (Wildman–Crippen MR) is 147 cm³/mol. The van der Waals surface area contributed by atoms with Gasteiger partial charge in [0, 0.05) is 51.7 Å². The van der Waals surface area contributed by atoms with Crippen LogP contribution in [0, 0.1) is 5.92 Å². The van der Waals surface area contributed by atoms with Crippen LogP contribution in [-0.2, 0) is 4.79 Å². The zero-order chi connectivity index (χ0) is 25.5. The van der Waals surface area contributed by atoms with Crippen LogP contribution in [0.25, 0.3) is 22.3 Å². The number of fused-ring (bicyclic) bond motifs is 1. The van der Waals surface area contributed by atoms with Crippen LogP contribution in [0.4, 0.5) is 5.69 Å². The molecule has 5 nitrogen and oxygen atoms in total. The zero-order valence-electron chi connectivity index (χ0n) is 20.6. The molecule has 6 heteroatoms. The van der Waals surface area contributed by atoms with E-state index in [0.29, 0.717) is 17.9 Å². The van der Waals surface area contributed by atoms with Gasteiger partial charge >= 0.3 is 5.97 Å². The van der Waals surface area contributed by atoms with Gasteiger partial charge in [0.25, 0.3) is 0 Å². The molecule has 0 aliphatic rings. The summed E-state index contributed by atoms with van der Waals surface area (Å²) in [5.41, 5.74) is 3.54. The lowest BCUT2D eigenvalue weighted by Crippen LogP contribution is -2.28. The number of aliphatic carboxylic acids is 1. The van der Waals surface area contributed by atoms with Crippen molar-refractivity contribution < 1.29 is 19.1 Å². The summed E-state index contributed by atoms with van der Waals surface area (Å²) < 4.78 is 5.98. The van der Waals surface area contributed by atoms with Crippen LogP contribution in [-0.4, -0.2) is 28.7 Å². The zero-order valence-corrected chi connectivity index (χ0v) is 21.4. The second-order valence-electron chi connectivity index (χ2n) is 9.23. The minimum Gasteiger partial charge on any atom is -0.481 e. The fourth-order valence-electron chi connectivity index (χ4n) is 3.94. The molecular weight excluding hydrogens is 470 g/mol. The van der Waals surface area contributed by atoms with E-state index in [9.17, 15) is 9.59 Å². The van der Waals surface area contributed by atoms with Crippen molar-refractivity contribution in [3.63, 3.8) is 0 Å². The summed E-state index contributed by atoms with van der Waals surface area (Å²) in [5.74, 6) is 1.30. The monoisotopic (exact) mass is 501 g/mol. The molecule has 0 bridgehead atoms. The van der Waals surface area contributed by atoms with Gasteiger partial charge in [-0.3, -0.25) is 9.59 Å². The van der Waals surface area contributed by atoms with Crippen molar-refractivity contribution in [3.8, 4) is 11.3 Å². The molecule has 4 aromatic rings. The van der Waals surface area contributed by atoms with Crippen LogP contribution in [0.1, 0.15) is 43.5 Å². The van der Waals surface area contributed by atoms with Crippen molar-refractivity contribution in [2.75, 3.05) is 11.1 Å². The average molecular weight is 502 g/mol. The van der Waals surface area contributed by atoms with E-state index >= 15 is 0 Å². The van der Waals surface area contributed by atoms with Gasteiger partial charge in [-0.25, -0.2) is 0 Å². The lowest BCUT2D eigenvalue weighted by atomic mass is 10.0. The summed E-state index contributed by atoms with van der Waals surface area (Å²) in [6.45, 7) is 4.40. The summed E-state index contributed by atoms with van der Waals surface area (Å²) in [7, 11) is 0. The first-order chi connectivity index (χ1) is 17.4. The predicted octanol–water partition coefficient (Wildman–Crippen LogP) is 7.77. The van der Waals surface area contributed by atoms with E-state index in [-0.39, 0.29) is 24.7 Å². The smallest absolute Gasteiger partial charge is 0.303 e. The first kappa shape index (κ1) is 25.6. The van der Waals surface area contributed by atoms with Crippen molar-refractivity contribution in [2.24, 2.45) is 5.92 Å². The lowest BCUT2D eigenvalue weighted by molar-refractivity contribution is -0.137. The largest absolute Gasteiger partial charge is 0.481 e. The Morgan fingerprint density at radius 1 is 0.944 bits per heavy atom. The molecule has 36 heavy (non-hydrogen) atoms. The summed E-state index contributed by atoms with van der Waals surface area (Å²) in [4.78, 5) is 24.1. The second-order valence-corrected chi connectivity index (χ2v) is 10.3. The number of hydrogen-bond donors (Lipinski definition) is 2. The molecule has 1 atom stereocenters. The molecule has 0 saturated heterocycles. The Morgan fingerprint density at radius 3 is 2.33 bits per heavy atom. The third kappa shape index (κ3) is 6.79. The number of carboxylic acid groups (broad SMARTS) is 1. The van der Waals surface area contributed by atoms with E-state index in [1.807, 2.05) is 54.2 Å². The first-order valence-electron chi connectivity index (χ1n) is 12.2. The third-order valence-corrected chi connectivity index (χ3v) is 7.28. The van der Waals surface area contributed by atoms with E-state index in [0.717, 1.165) is 33.7 Å². The fraction of sp³-hybridized carbons (Fsp3) is 0.267. The van der Waals surface area contributed by atoms with Gasteiger partial charge < -0.3 is 14.8 Å². The van der Waals surface area contributed by atoms with Crippen molar-refractivity contribution in [2.45, 2.75) is 44.0 Å². The number of Topliss-reactive ketones (excluding diaryl/α,β-unsaturated/α-hetero) is 1. The summed E-state index contributed by atoms with van der Waals surface area (Å²) in [5, 5.41) is 13.4. The third-order valence-electron chi connectivity index (χ3n) is 6.15. The number of anilines is 1. The number of carbonyl (C=O) groups is 2. The molecule has 0 spiro atoms. The second kappa shape index (κ2) is 12.0. The molecule has 0 aliphatic carbocycles. The average Bonchev–Trinajstić information content (AvgIpc) is 3.31. The Hall–Kier alpha value is -3.51. The van der Waals surface area contributed by atoms with Crippen LogP contribution in [0.15, 0.2) is 88.2 Å². The van der Waals surface area contributed by atoms with Gasteiger partial charge in [-0.05, 0) is 60.9 Å². The minimum absolute atomic E-state index is 0.0156. The first-order valence-corrected chi connectivity index (χ1v) is 13.2. The quantitative estimate of drug-likeness (QED) is 0.152. The number of benzene rings is 3. The SMILES string of the molecule is CC(C)[C@@H](CSc1ccc(-c2cc3ccccc3o2)cc1)Nc1ccc(C(=O)CCCC(=O)O)cc1. The lowest BCUT2D eigenvalue weighted by Gasteiger charge is -2.23. The fourth-order valence-corrected chi connectivity index (χ4v) is 5.11. The van der Waals surface area contributed by atoms with Crippen LogP contribution in [0.2, 0.25) is 0 Å². The van der Waals surface area contributed by atoms with Gasteiger partial charge in [-0.15, -0.1) is 11.8 Å². The van der Waals surface area contributed by atoms with Gasteiger partial charge in [0.2, 0.25) is 0 Å². The Bertz CT molecular complexity index is 1280. The highest BCUT2D eigenvalue weighted by Gasteiger charge is 2.15. The number of thioether (sulfide) groups is 1. The molecule has 1 aromatic heterocycles. The normalized spacial score (nSPS) is 12.1. The molecule has 0 saturated carbocycles. The highest BCUT2D eigenvalue weighted by Crippen LogP contribution is 2.30. The summed E-state index contributed by atoms with van der Waals surface area (Å²) in [6.07, 6.45) is 0.626. The molecule has 0 aliphatic heterocycles. The Balaban J connectivity index is 1.32. The van der Waals surface area contributed by atoms with Gasteiger partial charge in [0.15, 0.2) is 5.78 Å². The molecule has 2 N–H and O–H groups in total. The van der Waals surface area contributed by atoms with Gasteiger partial charge in [0.1, 0.15) is 11.3 Å². The van der Waals surface area contributed by atoms with Crippen molar-refractivity contribution >= 4 is 40.2 Å². The van der Waals surface area contributed by atoms with E-state index < -0.39 is 5.97 Å². The Kier molecular flexibility index (Phi) is 8.49. The molecule has 0 amide bonds. The van der Waals surface area contributed by atoms with Crippen LogP contribution < -0.4 is 5.32 Å². The molecule has 3 aromatic carbocycles. The highest BCUT2D eigenvalue weighted by atomic mass is 32.2. The summed E-state index contributed by atoms with van der Waals surface area (Å²) >= 11 is 1.81. The van der Waals surface area contributed by atoms with E-state index in [1.54, 1.807) is 0 Å². The van der Waals surface area contributed by atoms with Crippen LogP contribution >= 0.6 is 11.8 Å².